The summed E-state index contributed by atoms with van der Waals surface area (Å²) in [6, 6.07) is -0.118. The van der Waals surface area contributed by atoms with Crippen LogP contribution in [0.4, 0.5) is 0 Å². The third kappa shape index (κ3) is 3.87. The summed E-state index contributed by atoms with van der Waals surface area (Å²) in [7, 11) is -0.732. The van der Waals surface area contributed by atoms with E-state index >= 15 is 0 Å². The monoisotopic (exact) mass is 246 g/mol. The van der Waals surface area contributed by atoms with Crippen molar-refractivity contribution in [3.8, 4) is 0 Å². The Morgan fingerprint density at radius 1 is 1.38 bits per heavy atom. The maximum atomic E-state index is 11.9. The van der Waals surface area contributed by atoms with E-state index < -0.39 is 10.8 Å². The molecule has 0 aromatic heterocycles. The van der Waals surface area contributed by atoms with E-state index in [1.165, 1.54) is 0 Å². The van der Waals surface area contributed by atoms with Gasteiger partial charge in [-0.1, -0.05) is 20.8 Å². The second kappa shape index (κ2) is 5.27. The van der Waals surface area contributed by atoms with Crippen LogP contribution >= 0.6 is 0 Å². The molecule has 94 valence electrons. The summed E-state index contributed by atoms with van der Waals surface area (Å²) in [6.07, 6.45) is 0.385. The molecule has 0 bridgehead atoms. The molecule has 16 heavy (non-hydrogen) atoms. The maximum absolute atomic E-state index is 11.9. The lowest BCUT2D eigenvalue weighted by Crippen LogP contribution is -2.46. The minimum absolute atomic E-state index is 0.0474. The summed E-state index contributed by atoms with van der Waals surface area (Å²) in [5, 5.41) is 0. The molecule has 2 N–H and O–H groups in total. The maximum Gasteiger partial charge on any atom is 0.224 e. The zero-order valence-corrected chi connectivity index (χ0v) is 11.2. The predicted molar refractivity (Wildman–Crippen MR) is 66.5 cm³/mol. The lowest BCUT2D eigenvalue weighted by molar-refractivity contribution is -0.131. The molecular formula is C11H22N2O2S. The molecule has 0 aromatic carbocycles. The van der Waals surface area contributed by atoms with Crippen LogP contribution < -0.4 is 5.73 Å². The Labute approximate surface area is 100 Å². The molecule has 4 nitrogen and oxygen atoms in total. The molecule has 1 heterocycles. The average molecular weight is 246 g/mol. The van der Waals surface area contributed by atoms with E-state index in [1.807, 2.05) is 20.8 Å². The molecule has 1 rings (SSSR count). The van der Waals surface area contributed by atoms with Crippen molar-refractivity contribution in [3.63, 3.8) is 0 Å². The molecule has 0 saturated carbocycles. The molecule has 1 saturated heterocycles. The molecular weight excluding hydrogens is 224 g/mol. The van der Waals surface area contributed by atoms with Gasteiger partial charge in [0.1, 0.15) is 0 Å². The van der Waals surface area contributed by atoms with Crippen LogP contribution in [0.5, 0.6) is 0 Å². The first-order valence-electron chi connectivity index (χ1n) is 5.69. The first-order valence-corrected chi connectivity index (χ1v) is 7.18. The number of carbonyl (C=O) groups is 1. The molecule has 1 fully saturated rings. The fourth-order valence-corrected chi connectivity index (χ4v) is 2.56. The van der Waals surface area contributed by atoms with Crippen LogP contribution in [-0.4, -0.2) is 45.7 Å². The molecule has 1 atom stereocenters. The Balaban J connectivity index is 2.44. The highest BCUT2D eigenvalue weighted by Gasteiger charge is 2.27. The van der Waals surface area contributed by atoms with Crippen molar-refractivity contribution in [1.82, 2.24) is 4.90 Å². The quantitative estimate of drug-likeness (QED) is 0.764. The Bertz CT molecular complexity index is 276. The van der Waals surface area contributed by atoms with Gasteiger partial charge in [0.2, 0.25) is 5.91 Å². The van der Waals surface area contributed by atoms with Crippen molar-refractivity contribution in [2.24, 2.45) is 11.1 Å². The predicted octanol–water partition coefficient (Wildman–Crippen LogP) is 0.341. The van der Waals surface area contributed by atoms with Crippen molar-refractivity contribution in [1.29, 1.82) is 0 Å². The molecule has 0 radical (unpaired) electrons. The molecule has 0 spiro atoms. The Kier molecular flexibility index (Phi) is 4.50. The second-order valence-electron chi connectivity index (χ2n) is 5.41. The van der Waals surface area contributed by atoms with Crippen molar-refractivity contribution < 1.29 is 9.00 Å². The van der Waals surface area contributed by atoms with Gasteiger partial charge in [-0.3, -0.25) is 9.00 Å². The van der Waals surface area contributed by atoms with Gasteiger partial charge in [-0.05, 0) is 5.41 Å². The number of nitrogens with two attached hydrogens (primary N) is 1. The van der Waals surface area contributed by atoms with E-state index in [4.69, 9.17) is 5.73 Å². The molecule has 5 heteroatoms. The third-order valence-electron chi connectivity index (χ3n) is 3.04. The smallest absolute Gasteiger partial charge is 0.224 e. The zero-order valence-electron chi connectivity index (χ0n) is 10.4. The number of nitrogens with zero attached hydrogens (tertiary/aromatic N) is 1. The number of hydrogen-bond donors (Lipinski definition) is 1. The fourth-order valence-electron chi connectivity index (χ4n) is 1.51. The second-order valence-corrected chi connectivity index (χ2v) is 7.10. The van der Waals surface area contributed by atoms with E-state index in [1.54, 1.807) is 4.90 Å². The summed E-state index contributed by atoms with van der Waals surface area (Å²) >= 11 is 0. The minimum Gasteiger partial charge on any atom is -0.341 e. The van der Waals surface area contributed by atoms with Crippen LogP contribution in [0.15, 0.2) is 0 Å². The van der Waals surface area contributed by atoms with Crippen LogP contribution in [0.3, 0.4) is 0 Å². The SMILES string of the molecule is CC(C)(C)C(N)CC(=O)N1CCS(=O)CC1. The van der Waals surface area contributed by atoms with E-state index in [2.05, 4.69) is 0 Å². The summed E-state index contributed by atoms with van der Waals surface area (Å²) in [5.41, 5.74) is 5.93. The Hall–Kier alpha value is -0.420. The van der Waals surface area contributed by atoms with E-state index in [0.29, 0.717) is 31.0 Å². The zero-order chi connectivity index (χ0) is 12.3. The van der Waals surface area contributed by atoms with Gasteiger partial charge in [-0.25, -0.2) is 0 Å². The average Bonchev–Trinajstić information content (AvgIpc) is 2.17. The lowest BCUT2D eigenvalue weighted by Gasteiger charge is -2.31. The van der Waals surface area contributed by atoms with Crippen LogP contribution in [0.25, 0.3) is 0 Å². The van der Waals surface area contributed by atoms with Gasteiger partial charge in [-0.2, -0.15) is 0 Å². The Morgan fingerprint density at radius 2 is 1.88 bits per heavy atom. The van der Waals surface area contributed by atoms with Crippen molar-refractivity contribution >= 4 is 16.7 Å². The topological polar surface area (TPSA) is 63.4 Å². The van der Waals surface area contributed by atoms with Gasteiger partial charge in [-0.15, -0.1) is 0 Å². The summed E-state index contributed by atoms with van der Waals surface area (Å²) in [5.74, 6) is 1.31. The van der Waals surface area contributed by atoms with Crippen LogP contribution in [0.2, 0.25) is 0 Å². The number of hydrogen-bond acceptors (Lipinski definition) is 3. The van der Waals surface area contributed by atoms with Crippen molar-refractivity contribution in [2.75, 3.05) is 24.6 Å². The summed E-state index contributed by atoms with van der Waals surface area (Å²) < 4.78 is 11.2. The molecule has 0 aliphatic carbocycles. The standard InChI is InChI=1S/C11H22N2O2S/c1-11(2,3)9(12)8-10(14)13-4-6-16(15)7-5-13/h9H,4-8,12H2,1-3H3. The van der Waals surface area contributed by atoms with Crippen molar-refractivity contribution in [2.45, 2.75) is 33.2 Å². The first kappa shape index (κ1) is 13.6. The molecule has 1 aliphatic rings. The number of amides is 1. The number of carbonyl (C=O) groups excluding carboxylic acids is 1. The largest absolute Gasteiger partial charge is 0.341 e. The molecule has 0 aromatic rings. The fraction of sp³-hybridized carbons (Fsp3) is 0.909. The summed E-state index contributed by atoms with van der Waals surface area (Å²) in [4.78, 5) is 13.7. The minimum atomic E-state index is -0.732. The van der Waals surface area contributed by atoms with Crippen molar-refractivity contribution in [3.05, 3.63) is 0 Å². The number of rotatable bonds is 2. The highest BCUT2D eigenvalue weighted by atomic mass is 32.2. The first-order chi connectivity index (χ1) is 7.30. The lowest BCUT2D eigenvalue weighted by atomic mass is 9.85. The third-order valence-corrected chi connectivity index (χ3v) is 4.31. The normalized spacial score (nSPS) is 20.9. The molecule has 1 amide bonds. The van der Waals surface area contributed by atoms with E-state index in [0.717, 1.165) is 0 Å². The highest BCUT2D eigenvalue weighted by Crippen LogP contribution is 2.20. The summed E-state index contributed by atoms with van der Waals surface area (Å²) in [6.45, 7) is 7.34. The van der Waals surface area contributed by atoms with Gasteiger partial charge in [0.05, 0.1) is 0 Å². The van der Waals surface area contributed by atoms with Gasteiger partial charge in [0, 0.05) is 47.9 Å². The van der Waals surface area contributed by atoms with Gasteiger partial charge >= 0.3 is 0 Å². The van der Waals surface area contributed by atoms with E-state index in [9.17, 15) is 9.00 Å². The van der Waals surface area contributed by atoms with Gasteiger partial charge in [0.25, 0.3) is 0 Å². The van der Waals surface area contributed by atoms with E-state index in [-0.39, 0.29) is 17.4 Å². The van der Waals surface area contributed by atoms with Crippen LogP contribution in [0, 0.1) is 5.41 Å². The van der Waals surface area contributed by atoms with Gasteiger partial charge < -0.3 is 10.6 Å². The van der Waals surface area contributed by atoms with Gasteiger partial charge in [0.15, 0.2) is 0 Å². The Morgan fingerprint density at radius 3 is 2.31 bits per heavy atom. The van der Waals surface area contributed by atoms with Crippen LogP contribution in [-0.2, 0) is 15.6 Å². The molecule has 1 aliphatic heterocycles. The molecule has 1 unspecified atom stereocenters. The highest BCUT2D eigenvalue weighted by molar-refractivity contribution is 7.85. The van der Waals surface area contributed by atoms with Crippen LogP contribution in [0.1, 0.15) is 27.2 Å².